The molecule has 4 nitrogen and oxygen atoms in total. The monoisotopic (exact) mass is 386 g/mol. The number of hydrogen-bond donors (Lipinski definition) is 0. The Morgan fingerprint density at radius 2 is 1.93 bits per heavy atom. The van der Waals surface area contributed by atoms with Gasteiger partial charge in [-0.2, -0.15) is 0 Å². The lowest BCUT2D eigenvalue weighted by Crippen LogP contribution is -2.40. The minimum atomic E-state index is 0.190. The Labute approximate surface area is 166 Å². The van der Waals surface area contributed by atoms with Crippen molar-refractivity contribution in [3.8, 4) is 5.75 Å². The molecule has 2 heterocycles. The van der Waals surface area contributed by atoms with Gasteiger partial charge in [0.15, 0.2) is 0 Å². The van der Waals surface area contributed by atoms with Crippen molar-refractivity contribution < 1.29 is 9.53 Å². The average molecular weight is 387 g/mol. The number of likely N-dealkylation sites (tertiary alicyclic amines) is 1. The van der Waals surface area contributed by atoms with Crippen LogP contribution < -0.4 is 4.74 Å². The molecule has 0 bridgehead atoms. The highest BCUT2D eigenvalue weighted by Gasteiger charge is 2.24. The largest absolute Gasteiger partial charge is 0.497 e. The van der Waals surface area contributed by atoms with Gasteiger partial charge in [-0.3, -0.25) is 4.79 Å². The second kappa shape index (κ2) is 9.38. The molecule has 0 atom stereocenters. The van der Waals surface area contributed by atoms with Crippen LogP contribution in [-0.4, -0.2) is 56.0 Å². The van der Waals surface area contributed by atoms with Crippen LogP contribution in [0.5, 0.6) is 5.75 Å². The highest BCUT2D eigenvalue weighted by atomic mass is 32.1. The van der Waals surface area contributed by atoms with E-state index in [0.717, 1.165) is 48.8 Å². The van der Waals surface area contributed by atoms with Crippen LogP contribution in [0.3, 0.4) is 0 Å². The molecule has 1 aliphatic heterocycles. The first kappa shape index (κ1) is 19.9. The predicted octanol–water partition coefficient (Wildman–Crippen LogP) is 4.09. The first-order valence-corrected chi connectivity index (χ1v) is 10.6. The van der Waals surface area contributed by atoms with E-state index in [9.17, 15) is 4.79 Å². The Balaban J connectivity index is 1.68. The summed E-state index contributed by atoms with van der Waals surface area (Å²) in [7, 11) is 3.86. The lowest BCUT2D eigenvalue weighted by molar-refractivity contribution is 0.0704. The maximum Gasteiger partial charge on any atom is 0.264 e. The zero-order valence-corrected chi connectivity index (χ0v) is 17.4. The molecule has 0 unspecified atom stereocenters. The normalized spacial score (nSPS) is 15.7. The number of amides is 1. The lowest BCUT2D eigenvalue weighted by Gasteiger charge is -2.33. The van der Waals surface area contributed by atoms with Crippen LogP contribution in [0.1, 0.15) is 33.6 Å². The number of rotatable bonds is 7. The molecule has 0 spiro atoms. The van der Waals surface area contributed by atoms with Gasteiger partial charge in [-0.25, -0.2) is 0 Å². The number of benzene rings is 1. The van der Waals surface area contributed by atoms with Gasteiger partial charge in [0.2, 0.25) is 0 Å². The number of methoxy groups -OCH3 is 1. The fraction of sp³-hybridized carbons (Fsp3) is 0.500. The van der Waals surface area contributed by atoms with Gasteiger partial charge in [-0.05, 0) is 86.9 Å². The fourth-order valence-electron chi connectivity index (χ4n) is 3.62. The van der Waals surface area contributed by atoms with Crippen molar-refractivity contribution in [1.82, 2.24) is 9.80 Å². The van der Waals surface area contributed by atoms with Gasteiger partial charge in [-0.15, -0.1) is 11.3 Å². The van der Waals surface area contributed by atoms with E-state index in [0.29, 0.717) is 5.92 Å². The van der Waals surface area contributed by atoms with Crippen LogP contribution in [0.15, 0.2) is 35.7 Å². The van der Waals surface area contributed by atoms with Crippen LogP contribution in [0, 0.1) is 12.8 Å². The van der Waals surface area contributed by atoms with E-state index < -0.39 is 0 Å². The van der Waals surface area contributed by atoms with E-state index in [2.05, 4.69) is 29.0 Å². The summed E-state index contributed by atoms with van der Waals surface area (Å²) in [6.45, 7) is 5.91. The first-order valence-electron chi connectivity index (χ1n) is 9.71. The number of nitrogens with zero attached hydrogens (tertiary/aromatic N) is 2. The van der Waals surface area contributed by atoms with E-state index in [-0.39, 0.29) is 5.91 Å². The lowest BCUT2D eigenvalue weighted by atomic mass is 9.96. The van der Waals surface area contributed by atoms with Crippen LogP contribution in [0.4, 0.5) is 0 Å². The van der Waals surface area contributed by atoms with Gasteiger partial charge < -0.3 is 14.5 Å². The summed E-state index contributed by atoms with van der Waals surface area (Å²) < 4.78 is 5.24. The second-order valence-electron chi connectivity index (χ2n) is 7.53. The third-order valence-corrected chi connectivity index (χ3v) is 6.49. The SMILES string of the molecule is COc1ccc(CCN(CC2CCN(C)CC2)C(=O)c2sccc2C)cc1. The smallest absolute Gasteiger partial charge is 0.264 e. The third kappa shape index (κ3) is 5.33. The second-order valence-corrected chi connectivity index (χ2v) is 8.44. The van der Waals surface area contributed by atoms with Crippen molar-refractivity contribution in [3.05, 3.63) is 51.7 Å². The first-order chi connectivity index (χ1) is 13.1. The van der Waals surface area contributed by atoms with Gasteiger partial charge in [0, 0.05) is 13.1 Å². The van der Waals surface area contributed by atoms with Crippen molar-refractivity contribution in [1.29, 1.82) is 0 Å². The number of hydrogen-bond acceptors (Lipinski definition) is 4. The summed E-state index contributed by atoms with van der Waals surface area (Å²) in [5, 5.41) is 2.01. The summed E-state index contributed by atoms with van der Waals surface area (Å²) in [6, 6.07) is 10.2. The predicted molar refractivity (Wildman–Crippen MR) is 112 cm³/mol. The van der Waals surface area contributed by atoms with Crippen molar-refractivity contribution in [3.63, 3.8) is 0 Å². The van der Waals surface area contributed by atoms with E-state index in [1.54, 1.807) is 18.4 Å². The molecule has 0 aliphatic carbocycles. The van der Waals surface area contributed by atoms with Gasteiger partial charge in [0.25, 0.3) is 5.91 Å². The zero-order chi connectivity index (χ0) is 19.2. The zero-order valence-electron chi connectivity index (χ0n) is 16.6. The third-order valence-electron chi connectivity index (χ3n) is 5.49. The van der Waals surface area contributed by atoms with Gasteiger partial charge in [0.1, 0.15) is 5.75 Å². The number of thiophene rings is 1. The van der Waals surface area contributed by atoms with E-state index in [1.807, 2.05) is 30.5 Å². The molecule has 1 saturated heterocycles. The van der Waals surface area contributed by atoms with Crippen molar-refractivity contribution in [2.24, 2.45) is 5.92 Å². The number of ether oxygens (including phenoxy) is 1. The van der Waals surface area contributed by atoms with Crippen LogP contribution in [-0.2, 0) is 6.42 Å². The standard InChI is InChI=1S/C22H30N2O2S/c1-17-11-15-27-21(17)22(25)24(16-19-8-12-23(2)13-9-19)14-10-18-4-6-20(26-3)7-5-18/h4-7,11,15,19H,8-10,12-14,16H2,1-3H3. The number of aryl methyl sites for hydroxylation is 1. The molecule has 1 aromatic carbocycles. The van der Waals surface area contributed by atoms with Gasteiger partial charge in [-0.1, -0.05) is 12.1 Å². The van der Waals surface area contributed by atoms with Crippen molar-refractivity contribution in [2.45, 2.75) is 26.2 Å². The Morgan fingerprint density at radius 3 is 2.52 bits per heavy atom. The Bertz CT molecular complexity index is 733. The van der Waals surface area contributed by atoms with Crippen LogP contribution in [0.2, 0.25) is 0 Å². The minimum Gasteiger partial charge on any atom is -0.497 e. The summed E-state index contributed by atoms with van der Waals surface area (Å²) in [6.07, 6.45) is 3.21. The molecule has 5 heteroatoms. The molecule has 146 valence electrons. The fourth-order valence-corrected chi connectivity index (χ4v) is 4.52. The molecule has 2 aromatic rings. The number of piperidine rings is 1. The molecule has 0 radical (unpaired) electrons. The molecule has 1 fully saturated rings. The molecular weight excluding hydrogens is 356 g/mol. The molecule has 1 aliphatic rings. The van der Waals surface area contributed by atoms with E-state index in [4.69, 9.17) is 4.74 Å². The highest BCUT2D eigenvalue weighted by molar-refractivity contribution is 7.12. The van der Waals surface area contributed by atoms with Gasteiger partial charge >= 0.3 is 0 Å². The summed E-state index contributed by atoms with van der Waals surface area (Å²) in [5.74, 6) is 1.66. The molecule has 3 rings (SSSR count). The van der Waals surface area contributed by atoms with E-state index in [1.165, 1.54) is 18.4 Å². The van der Waals surface area contributed by atoms with E-state index >= 15 is 0 Å². The summed E-state index contributed by atoms with van der Waals surface area (Å²) >= 11 is 1.56. The molecule has 0 saturated carbocycles. The molecular formula is C22H30N2O2S. The molecule has 0 N–H and O–H groups in total. The van der Waals surface area contributed by atoms with Crippen molar-refractivity contribution >= 4 is 17.2 Å². The Morgan fingerprint density at radius 1 is 1.22 bits per heavy atom. The molecule has 1 aromatic heterocycles. The number of carbonyl (C=O) groups is 1. The topological polar surface area (TPSA) is 32.8 Å². The highest BCUT2D eigenvalue weighted by Crippen LogP contribution is 2.22. The molecule has 1 amide bonds. The quantitative estimate of drug-likeness (QED) is 0.718. The van der Waals surface area contributed by atoms with Crippen LogP contribution >= 0.6 is 11.3 Å². The average Bonchev–Trinajstić information content (AvgIpc) is 3.12. The minimum absolute atomic E-state index is 0.190. The van der Waals surface area contributed by atoms with Crippen LogP contribution in [0.25, 0.3) is 0 Å². The van der Waals surface area contributed by atoms with Crippen molar-refractivity contribution in [2.75, 3.05) is 40.3 Å². The summed E-state index contributed by atoms with van der Waals surface area (Å²) in [5.41, 5.74) is 2.32. The van der Waals surface area contributed by atoms with Gasteiger partial charge in [0.05, 0.1) is 12.0 Å². The Hall–Kier alpha value is -1.85. The Kier molecular flexibility index (Phi) is 6.91. The summed E-state index contributed by atoms with van der Waals surface area (Å²) in [4.78, 5) is 18.5. The maximum absolute atomic E-state index is 13.2. The molecule has 27 heavy (non-hydrogen) atoms. The number of carbonyl (C=O) groups excluding carboxylic acids is 1. The maximum atomic E-state index is 13.2.